The van der Waals surface area contributed by atoms with Crippen molar-refractivity contribution >= 4 is 17.9 Å². The summed E-state index contributed by atoms with van der Waals surface area (Å²) in [6.45, 7) is 0. The molecule has 4 fully saturated rings. The molecule has 2 heterocycles. The van der Waals surface area contributed by atoms with Crippen molar-refractivity contribution in [1.82, 2.24) is 0 Å². The molecule has 0 bridgehead atoms. The van der Waals surface area contributed by atoms with Crippen LogP contribution in [0, 0.1) is 5.92 Å². The smallest absolute Gasteiger partial charge is 0.348 e. The minimum absolute atomic E-state index is 0.0405. The third kappa shape index (κ3) is 5.63. The molecule has 2 spiro atoms. The molecule has 200 valence electrons. The Morgan fingerprint density at radius 1 is 0.703 bits per heavy atom. The Balaban J connectivity index is 1.38. The zero-order valence-electron chi connectivity index (χ0n) is 21.3. The van der Waals surface area contributed by atoms with Crippen LogP contribution in [-0.2, 0) is 33.3 Å². The molecule has 0 unspecified atom stereocenters. The molecule has 3 aliphatic carbocycles. The van der Waals surface area contributed by atoms with Gasteiger partial charge in [-0.15, -0.1) is 0 Å². The predicted molar refractivity (Wildman–Crippen MR) is 133 cm³/mol. The zero-order chi connectivity index (χ0) is 25.9. The summed E-state index contributed by atoms with van der Waals surface area (Å²) < 4.78 is 22.5. The monoisotopic (exact) mass is 512 g/mol. The molecule has 0 aromatic rings. The first kappa shape index (κ1) is 25.6. The molecule has 5 rings (SSSR count). The van der Waals surface area contributed by atoms with Crippen molar-refractivity contribution in [3.63, 3.8) is 0 Å². The Kier molecular flexibility index (Phi) is 7.45. The van der Waals surface area contributed by atoms with Crippen molar-refractivity contribution in [3.05, 3.63) is 47.0 Å². The molecular weight excluding hydrogens is 476 g/mol. The van der Waals surface area contributed by atoms with Gasteiger partial charge in [-0.1, -0.05) is 44.3 Å². The number of carbonyl (C=O) groups is 3. The van der Waals surface area contributed by atoms with Gasteiger partial charge in [-0.3, -0.25) is 0 Å². The number of aliphatic hydroxyl groups is 1. The van der Waals surface area contributed by atoms with E-state index in [-0.39, 0.29) is 17.1 Å². The lowest BCUT2D eigenvalue weighted by Gasteiger charge is -2.38. The van der Waals surface area contributed by atoms with Gasteiger partial charge in [0.25, 0.3) is 17.5 Å². The second-order valence-corrected chi connectivity index (χ2v) is 10.8. The molecule has 1 saturated heterocycles. The van der Waals surface area contributed by atoms with Crippen LogP contribution in [0.3, 0.4) is 0 Å². The minimum Gasteiger partial charge on any atom is -0.480 e. The van der Waals surface area contributed by atoms with Crippen LogP contribution in [0.25, 0.3) is 0 Å². The summed E-state index contributed by atoms with van der Waals surface area (Å²) in [5, 5.41) is 10.6. The largest absolute Gasteiger partial charge is 0.480 e. The van der Waals surface area contributed by atoms with E-state index in [9.17, 15) is 19.5 Å². The van der Waals surface area contributed by atoms with E-state index in [2.05, 4.69) is 0 Å². The number of esters is 3. The fraction of sp³-hybridized carbons (Fsp3) is 0.621. The van der Waals surface area contributed by atoms with Crippen molar-refractivity contribution in [1.29, 1.82) is 0 Å². The lowest BCUT2D eigenvalue weighted by Crippen LogP contribution is -2.47. The standard InChI is InChI=1S/C29H36O8/c30-24-22(25(31)35-28(34-24)16-6-2-7-17-28)14-12-21(20-10-4-1-5-11-20)13-15-23-26(32)36-29(37-27(23)33)18-8-3-9-19-29/h12-15,20,30H,1-11,16-19H2. The van der Waals surface area contributed by atoms with E-state index in [1.807, 2.05) is 0 Å². The maximum atomic E-state index is 12.8. The Bertz CT molecular complexity index is 1020. The number of hydrogen-bond acceptors (Lipinski definition) is 8. The highest BCUT2D eigenvalue weighted by molar-refractivity contribution is 6.15. The van der Waals surface area contributed by atoms with Crippen LogP contribution < -0.4 is 0 Å². The maximum absolute atomic E-state index is 12.8. The molecule has 1 N–H and O–H groups in total. The van der Waals surface area contributed by atoms with Gasteiger partial charge in [0.15, 0.2) is 0 Å². The van der Waals surface area contributed by atoms with Crippen LogP contribution in [0.1, 0.15) is 96.3 Å². The van der Waals surface area contributed by atoms with Gasteiger partial charge in [0, 0.05) is 25.7 Å². The lowest BCUT2D eigenvalue weighted by atomic mass is 9.83. The lowest BCUT2D eigenvalue weighted by molar-refractivity contribution is -0.249. The summed E-state index contributed by atoms with van der Waals surface area (Å²) in [7, 11) is 0. The van der Waals surface area contributed by atoms with Crippen molar-refractivity contribution in [2.24, 2.45) is 5.92 Å². The topological polar surface area (TPSA) is 108 Å². The van der Waals surface area contributed by atoms with E-state index in [0.29, 0.717) is 25.7 Å². The van der Waals surface area contributed by atoms with Crippen LogP contribution in [0.2, 0.25) is 0 Å². The molecule has 5 aliphatic rings. The molecule has 0 atom stereocenters. The molecule has 2 aliphatic heterocycles. The first-order valence-electron chi connectivity index (χ1n) is 13.8. The Labute approximate surface area is 217 Å². The number of ether oxygens (including phenoxy) is 4. The first-order chi connectivity index (χ1) is 17.9. The summed E-state index contributed by atoms with van der Waals surface area (Å²) in [6.07, 6.45) is 19.3. The van der Waals surface area contributed by atoms with Crippen LogP contribution in [-0.4, -0.2) is 34.6 Å². The Morgan fingerprint density at radius 3 is 1.78 bits per heavy atom. The van der Waals surface area contributed by atoms with Crippen LogP contribution in [0.15, 0.2) is 47.0 Å². The van der Waals surface area contributed by atoms with Gasteiger partial charge in [-0.2, -0.15) is 0 Å². The predicted octanol–water partition coefficient (Wildman–Crippen LogP) is 5.74. The Hall–Kier alpha value is -3.03. The SMILES string of the molecule is O=C1OC2(CCCCC2)OC(=O)C1=CC=C(C=CC1=C(O)OC2(CCCCC2)OC1=O)C1CCCCC1. The first-order valence-corrected chi connectivity index (χ1v) is 13.8. The van der Waals surface area contributed by atoms with Gasteiger partial charge >= 0.3 is 17.9 Å². The third-order valence-corrected chi connectivity index (χ3v) is 8.20. The van der Waals surface area contributed by atoms with Gasteiger partial charge in [-0.25, -0.2) is 14.4 Å². The number of allylic oxidation sites excluding steroid dienone is 4. The van der Waals surface area contributed by atoms with Crippen LogP contribution >= 0.6 is 0 Å². The van der Waals surface area contributed by atoms with Crippen molar-refractivity contribution in [2.75, 3.05) is 0 Å². The molecule has 0 radical (unpaired) electrons. The average molecular weight is 513 g/mol. The van der Waals surface area contributed by atoms with Gasteiger partial charge in [-0.05, 0) is 62.2 Å². The van der Waals surface area contributed by atoms with E-state index in [0.717, 1.165) is 76.2 Å². The number of carbonyl (C=O) groups excluding carboxylic acids is 3. The minimum atomic E-state index is -1.12. The highest BCUT2D eigenvalue weighted by Crippen LogP contribution is 2.40. The fourth-order valence-corrected chi connectivity index (χ4v) is 6.10. The normalized spacial score (nSPS) is 26.6. The molecule has 0 aromatic carbocycles. The number of rotatable bonds is 4. The molecule has 0 amide bonds. The molecule has 0 aromatic heterocycles. The summed E-state index contributed by atoms with van der Waals surface area (Å²) in [5.41, 5.74) is 0.665. The number of hydrogen-bond donors (Lipinski definition) is 1. The average Bonchev–Trinajstić information content (AvgIpc) is 2.88. The third-order valence-electron chi connectivity index (χ3n) is 8.20. The highest BCUT2D eigenvalue weighted by atomic mass is 16.8. The van der Waals surface area contributed by atoms with E-state index >= 15 is 0 Å². The molecule has 37 heavy (non-hydrogen) atoms. The summed E-state index contributed by atoms with van der Waals surface area (Å²) >= 11 is 0. The van der Waals surface area contributed by atoms with E-state index in [1.54, 1.807) is 12.2 Å². The molecular formula is C29H36O8. The Morgan fingerprint density at radius 2 is 1.22 bits per heavy atom. The quantitative estimate of drug-likeness (QED) is 0.220. The maximum Gasteiger partial charge on any atom is 0.348 e. The molecule has 3 saturated carbocycles. The van der Waals surface area contributed by atoms with Crippen molar-refractivity contribution in [3.8, 4) is 0 Å². The molecule has 8 nitrogen and oxygen atoms in total. The van der Waals surface area contributed by atoms with Crippen LogP contribution in [0.5, 0.6) is 0 Å². The van der Waals surface area contributed by atoms with Crippen LogP contribution in [0.4, 0.5) is 0 Å². The summed E-state index contributed by atoms with van der Waals surface area (Å²) in [4.78, 5) is 38.3. The van der Waals surface area contributed by atoms with Crippen molar-refractivity contribution < 1.29 is 38.4 Å². The second-order valence-electron chi connectivity index (χ2n) is 10.8. The van der Waals surface area contributed by atoms with Gasteiger partial charge in [0.1, 0.15) is 11.1 Å². The van der Waals surface area contributed by atoms with E-state index < -0.39 is 35.4 Å². The second kappa shape index (κ2) is 10.8. The van der Waals surface area contributed by atoms with Gasteiger partial charge < -0.3 is 24.1 Å². The summed E-state index contributed by atoms with van der Waals surface area (Å²) in [6, 6.07) is 0. The highest BCUT2D eigenvalue weighted by Gasteiger charge is 2.47. The summed E-state index contributed by atoms with van der Waals surface area (Å²) in [5.74, 6) is -4.36. The van der Waals surface area contributed by atoms with E-state index in [4.69, 9.17) is 18.9 Å². The van der Waals surface area contributed by atoms with E-state index in [1.165, 1.54) is 12.2 Å². The molecule has 8 heteroatoms. The number of aliphatic hydroxyl groups excluding tert-OH is 1. The fourth-order valence-electron chi connectivity index (χ4n) is 6.10. The van der Waals surface area contributed by atoms with Gasteiger partial charge in [0.2, 0.25) is 0 Å². The van der Waals surface area contributed by atoms with Crippen molar-refractivity contribution in [2.45, 2.75) is 108 Å². The van der Waals surface area contributed by atoms with Gasteiger partial charge in [0.05, 0.1) is 0 Å². The zero-order valence-corrected chi connectivity index (χ0v) is 21.3.